The standard InChI is InChI=1S/C27H24N4O4S/c1-16-11-20(17(2)31(16)13-18-14-33-24-9-5-6-10-25(24)34-18)23(32)15-36-27-30-29-26(35-27)21-12-28-22-8-4-3-7-19(21)22/h3-12,18,28H,13-15H2,1-2H3/t18-/m0/s1. The van der Waals surface area contributed by atoms with Gasteiger partial charge in [-0.3, -0.25) is 4.79 Å². The van der Waals surface area contributed by atoms with E-state index in [2.05, 4.69) is 19.7 Å². The Kier molecular flexibility index (Phi) is 5.77. The van der Waals surface area contributed by atoms with E-state index < -0.39 is 0 Å². The second kappa shape index (κ2) is 9.23. The zero-order valence-corrected chi connectivity index (χ0v) is 20.7. The number of H-pyrrole nitrogens is 1. The first kappa shape index (κ1) is 22.5. The Balaban J connectivity index is 1.12. The first-order chi connectivity index (χ1) is 17.6. The number of thioether (sulfide) groups is 1. The summed E-state index contributed by atoms with van der Waals surface area (Å²) in [6.45, 7) is 5.03. The Morgan fingerprint density at radius 1 is 1.11 bits per heavy atom. The number of fused-ring (bicyclic) bond motifs is 2. The molecule has 0 bridgehead atoms. The van der Waals surface area contributed by atoms with Gasteiger partial charge < -0.3 is 23.4 Å². The lowest BCUT2D eigenvalue weighted by Gasteiger charge is -2.27. The van der Waals surface area contributed by atoms with Gasteiger partial charge >= 0.3 is 0 Å². The van der Waals surface area contributed by atoms with Gasteiger partial charge in [-0.2, -0.15) is 0 Å². The highest BCUT2D eigenvalue weighted by Gasteiger charge is 2.24. The highest BCUT2D eigenvalue weighted by molar-refractivity contribution is 7.99. The molecule has 6 rings (SSSR count). The molecule has 8 nitrogen and oxygen atoms in total. The van der Waals surface area contributed by atoms with Crippen molar-refractivity contribution < 1.29 is 18.7 Å². The number of carbonyl (C=O) groups excluding carboxylic acids is 1. The van der Waals surface area contributed by atoms with E-state index in [4.69, 9.17) is 13.9 Å². The van der Waals surface area contributed by atoms with Gasteiger partial charge in [0.1, 0.15) is 6.61 Å². The molecule has 2 aromatic carbocycles. The number of aryl methyl sites for hydroxylation is 1. The molecule has 0 fully saturated rings. The highest BCUT2D eigenvalue weighted by Crippen LogP contribution is 2.32. The number of nitrogens with one attached hydrogen (secondary N) is 1. The molecule has 0 amide bonds. The van der Waals surface area contributed by atoms with Gasteiger partial charge in [0.25, 0.3) is 11.1 Å². The SMILES string of the molecule is Cc1cc(C(=O)CSc2nnc(-c3c[nH]c4ccccc34)o2)c(C)n1C[C@H]1COc2ccccc2O1. The third kappa shape index (κ3) is 4.15. The second-order valence-electron chi connectivity index (χ2n) is 8.73. The van der Waals surface area contributed by atoms with E-state index in [9.17, 15) is 4.79 Å². The number of rotatable bonds is 7. The Labute approximate surface area is 211 Å². The quantitative estimate of drug-likeness (QED) is 0.234. The summed E-state index contributed by atoms with van der Waals surface area (Å²) in [5.74, 6) is 2.15. The fourth-order valence-corrected chi connectivity index (χ4v) is 5.20. The summed E-state index contributed by atoms with van der Waals surface area (Å²) in [4.78, 5) is 16.3. The molecule has 5 aromatic rings. The summed E-state index contributed by atoms with van der Waals surface area (Å²) in [7, 11) is 0. The Bertz CT molecular complexity index is 1570. The largest absolute Gasteiger partial charge is 0.486 e. The van der Waals surface area contributed by atoms with Crippen LogP contribution in [0.1, 0.15) is 21.7 Å². The Morgan fingerprint density at radius 2 is 1.92 bits per heavy atom. The molecule has 0 unspecified atom stereocenters. The normalized spacial score (nSPS) is 14.9. The molecule has 0 spiro atoms. The maximum atomic E-state index is 13.1. The van der Waals surface area contributed by atoms with Gasteiger partial charge in [-0.25, -0.2) is 0 Å². The van der Waals surface area contributed by atoms with Gasteiger partial charge in [0.15, 0.2) is 23.4 Å². The number of Topliss-reactive ketones (excluding diaryl/α,β-unsaturated/α-hetero) is 1. The molecule has 0 saturated carbocycles. The average Bonchev–Trinajstić information content (AvgIpc) is 3.61. The Morgan fingerprint density at radius 3 is 2.81 bits per heavy atom. The molecular formula is C27H24N4O4S. The van der Waals surface area contributed by atoms with Crippen LogP contribution in [0.15, 0.2) is 70.4 Å². The molecule has 9 heteroatoms. The van der Waals surface area contributed by atoms with Gasteiger partial charge in [-0.05, 0) is 38.1 Å². The number of benzene rings is 2. The minimum absolute atomic E-state index is 0.0114. The third-order valence-electron chi connectivity index (χ3n) is 6.38. The molecule has 1 atom stereocenters. The third-order valence-corrected chi connectivity index (χ3v) is 7.20. The van der Waals surface area contributed by atoms with Gasteiger partial charge in [-0.15, -0.1) is 10.2 Å². The van der Waals surface area contributed by atoms with Crippen LogP contribution in [-0.2, 0) is 6.54 Å². The van der Waals surface area contributed by atoms with Crippen molar-refractivity contribution in [1.29, 1.82) is 0 Å². The van der Waals surface area contributed by atoms with Gasteiger partial charge in [-0.1, -0.05) is 42.1 Å². The van der Waals surface area contributed by atoms with Crippen LogP contribution in [0.5, 0.6) is 11.5 Å². The maximum absolute atomic E-state index is 13.1. The van der Waals surface area contributed by atoms with Crippen molar-refractivity contribution >= 4 is 28.4 Å². The van der Waals surface area contributed by atoms with Crippen LogP contribution < -0.4 is 9.47 Å². The van der Waals surface area contributed by atoms with Gasteiger partial charge in [0.2, 0.25) is 0 Å². The van der Waals surface area contributed by atoms with Gasteiger partial charge in [0.05, 0.1) is 17.9 Å². The highest BCUT2D eigenvalue weighted by atomic mass is 32.2. The molecule has 36 heavy (non-hydrogen) atoms. The van der Waals surface area contributed by atoms with E-state index in [1.807, 2.05) is 74.6 Å². The van der Waals surface area contributed by atoms with Crippen LogP contribution in [0.4, 0.5) is 0 Å². The number of hydrogen-bond acceptors (Lipinski definition) is 7. The zero-order valence-electron chi connectivity index (χ0n) is 19.9. The fraction of sp³-hybridized carbons (Fsp3) is 0.222. The van der Waals surface area contributed by atoms with E-state index in [-0.39, 0.29) is 17.6 Å². The number of aromatic amines is 1. The first-order valence-corrected chi connectivity index (χ1v) is 12.7. The van der Waals surface area contributed by atoms with Crippen LogP contribution in [0.25, 0.3) is 22.4 Å². The number of para-hydroxylation sites is 3. The molecule has 1 aliphatic heterocycles. The Hall–Kier alpha value is -3.98. The summed E-state index contributed by atoms with van der Waals surface area (Å²) < 4.78 is 19.9. The van der Waals surface area contributed by atoms with E-state index in [0.717, 1.165) is 39.4 Å². The predicted octanol–water partition coefficient (Wildman–Crippen LogP) is 5.45. The fourth-order valence-electron chi connectivity index (χ4n) is 4.55. The lowest BCUT2D eigenvalue weighted by molar-refractivity contribution is 0.0777. The number of ketones is 1. The van der Waals surface area contributed by atoms with Crippen LogP contribution in [0.2, 0.25) is 0 Å². The van der Waals surface area contributed by atoms with E-state index >= 15 is 0 Å². The molecule has 0 saturated heterocycles. The van der Waals surface area contributed by atoms with Crippen LogP contribution in [0, 0.1) is 13.8 Å². The zero-order chi connectivity index (χ0) is 24.6. The van der Waals surface area contributed by atoms with Crippen molar-refractivity contribution in [3.05, 3.63) is 77.7 Å². The maximum Gasteiger partial charge on any atom is 0.277 e. The van der Waals surface area contributed by atoms with Crippen LogP contribution >= 0.6 is 11.8 Å². The average molecular weight is 501 g/mol. The summed E-state index contributed by atoms with van der Waals surface area (Å²) in [5, 5.41) is 9.68. The number of hydrogen-bond donors (Lipinski definition) is 1. The molecule has 3 aromatic heterocycles. The van der Waals surface area contributed by atoms with Crippen molar-refractivity contribution in [3.63, 3.8) is 0 Å². The topological polar surface area (TPSA) is 95.2 Å². The van der Waals surface area contributed by atoms with Crippen LogP contribution in [-0.4, -0.2) is 44.0 Å². The predicted molar refractivity (Wildman–Crippen MR) is 137 cm³/mol. The van der Waals surface area contributed by atoms with E-state index in [0.29, 0.717) is 29.8 Å². The summed E-state index contributed by atoms with van der Waals surface area (Å²) in [6.07, 6.45) is 1.72. The number of ether oxygens (including phenoxy) is 2. The minimum Gasteiger partial charge on any atom is -0.486 e. The molecule has 1 N–H and O–H groups in total. The van der Waals surface area contributed by atoms with Crippen molar-refractivity contribution in [3.8, 4) is 23.0 Å². The second-order valence-corrected chi connectivity index (χ2v) is 9.65. The van der Waals surface area contributed by atoms with Crippen molar-refractivity contribution in [2.75, 3.05) is 12.4 Å². The van der Waals surface area contributed by atoms with Gasteiger partial charge in [0, 0.05) is 34.1 Å². The molecule has 4 heterocycles. The number of nitrogens with zero attached hydrogens (tertiary/aromatic N) is 3. The number of carbonyl (C=O) groups is 1. The lowest BCUT2D eigenvalue weighted by atomic mass is 10.2. The monoisotopic (exact) mass is 500 g/mol. The lowest BCUT2D eigenvalue weighted by Crippen LogP contribution is -2.33. The molecule has 182 valence electrons. The summed E-state index contributed by atoms with van der Waals surface area (Å²) in [5.41, 5.74) is 4.44. The summed E-state index contributed by atoms with van der Waals surface area (Å²) in [6, 6.07) is 17.5. The molecular weight excluding hydrogens is 476 g/mol. The van der Waals surface area contributed by atoms with E-state index in [1.54, 1.807) is 0 Å². The van der Waals surface area contributed by atoms with E-state index in [1.165, 1.54) is 11.8 Å². The minimum atomic E-state index is -0.136. The first-order valence-electron chi connectivity index (χ1n) is 11.7. The molecule has 0 radical (unpaired) electrons. The molecule has 0 aliphatic carbocycles. The number of aromatic nitrogens is 4. The van der Waals surface area contributed by atoms with Crippen molar-refractivity contribution in [2.24, 2.45) is 0 Å². The van der Waals surface area contributed by atoms with Crippen molar-refractivity contribution in [1.82, 2.24) is 19.7 Å². The summed E-state index contributed by atoms with van der Waals surface area (Å²) >= 11 is 1.24. The van der Waals surface area contributed by atoms with Crippen molar-refractivity contribution in [2.45, 2.75) is 31.7 Å². The van der Waals surface area contributed by atoms with Crippen LogP contribution in [0.3, 0.4) is 0 Å². The molecule has 1 aliphatic rings. The smallest absolute Gasteiger partial charge is 0.277 e.